The van der Waals surface area contributed by atoms with Gasteiger partial charge in [0.25, 0.3) is 11.6 Å². The molecule has 136 valence electrons. The normalized spacial score (nSPS) is 10.1. The molecular formula is C17H15ClN2O6. The number of nitro groups is 1. The molecule has 0 aromatic heterocycles. The lowest BCUT2D eigenvalue weighted by molar-refractivity contribution is -0.385. The van der Waals surface area contributed by atoms with Gasteiger partial charge in [0.15, 0.2) is 6.61 Å². The second-order valence-electron chi connectivity index (χ2n) is 5.20. The molecule has 0 heterocycles. The number of hydrogen-bond acceptors (Lipinski definition) is 6. The number of carbonyl (C=O) groups excluding carboxylic acids is 2. The molecule has 2 aromatic carbocycles. The SMILES string of the molecule is COc1ccc(NC(=O)COC(=O)c2cccc(C)c2[N+](=O)[O-])cc1Cl. The summed E-state index contributed by atoms with van der Waals surface area (Å²) in [5.74, 6) is -1.12. The number of aryl methyl sites for hydroxylation is 1. The van der Waals surface area contributed by atoms with E-state index in [1.807, 2.05) is 0 Å². The number of benzene rings is 2. The summed E-state index contributed by atoms with van der Waals surface area (Å²) in [6.07, 6.45) is 0. The minimum Gasteiger partial charge on any atom is -0.495 e. The van der Waals surface area contributed by atoms with Crippen LogP contribution >= 0.6 is 11.6 Å². The average molecular weight is 379 g/mol. The first-order chi connectivity index (χ1) is 12.3. The van der Waals surface area contributed by atoms with Crippen molar-refractivity contribution < 1.29 is 24.0 Å². The summed E-state index contributed by atoms with van der Waals surface area (Å²) in [6.45, 7) is 0.905. The number of anilines is 1. The number of hydrogen-bond donors (Lipinski definition) is 1. The maximum Gasteiger partial charge on any atom is 0.345 e. The molecule has 2 rings (SSSR count). The molecule has 0 fully saturated rings. The molecule has 26 heavy (non-hydrogen) atoms. The highest BCUT2D eigenvalue weighted by atomic mass is 35.5. The van der Waals surface area contributed by atoms with Crippen molar-refractivity contribution in [3.05, 3.63) is 62.7 Å². The topological polar surface area (TPSA) is 108 Å². The van der Waals surface area contributed by atoms with Gasteiger partial charge in [0.1, 0.15) is 11.3 Å². The van der Waals surface area contributed by atoms with Crippen LogP contribution in [0, 0.1) is 17.0 Å². The number of amides is 1. The Bertz CT molecular complexity index is 868. The molecule has 0 aliphatic carbocycles. The number of nitrogens with one attached hydrogen (secondary N) is 1. The minimum atomic E-state index is -0.955. The maximum atomic E-state index is 12.1. The van der Waals surface area contributed by atoms with Crippen LogP contribution in [0.3, 0.4) is 0 Å². The fourth-order valence-electron chi connectivity index (χ4n) is 2.22. The molecule has 1 N–H and O–H groups in total. The van der Waals surface area contributed by atoms with Crippen LogP contribution in [0.5, 0.6) is 5.75 Å². The highest BCUT2D eigenvalue weighted by Gasteiger charge is 2.24. The zero-order valence-electron chi connectivity index (χ0n) is 13.9. The van der Waals surface area contributed by atoms with Gasteiger partial charge in [-0.25, -0.2) is 4.79 Å². The summed E-state index contributed by atoms with van der Waals surface area (Å²) < 4.78 is 9.87. The quantitative estimate of drug-likeness (QED) is 0.469. The number of rotatable bonds is 6. The van der Waals surface area contributed by atoms with Crippen molar-refractivity contribution in [3.8, 4) is 5.75 Å². The molecule has 0 aliphatic rings. The first-order valence-corrected chi connectivity index (χ1v) is 7.75. The number of para-hydroxylation sites is 1. The van der Waals surface area contributed by atoms with Crippen molar-refractivity contribution in [2.75, 3.05) is 19.0 Å². The molecule has 8 nitrogen and oxygen atoms in total. The van der Waals surface area contributed by atoms with Crippen LogP contribution in [0.25, 0.3) is 0 Å². The van der Waals surface area contributed by atoms with Gasteiger partial charge in [0, 0.05) is 11.3 Å². The van der Waals surface area contributed by atoms with E-state index in [4.69, 9.17) is 21.1 Å². The summed E-state index contributed by atoms with van der Waals surface area (Å²) in [7, 11) is 1.46. The molecular weight excluding hydrogens is 364 g/mol. The Morgan fingerprint density at radius 3 is 2.62 bits per heavy atom. The van der Waals surface area contributed by atoms with Crippen molar-refractivity contribution in [3.63, 3.8) is 0 Å². The second kappa shape index (κ2) is 8.30. The highest BCUT2D eigenvalue weighted by Crippen LogP contribution is 2.27. The fourth-order valence-corrected chi connectivity index (χ4v) is 2.47. The summed E-state index contributed by atoms with van der Waals surface area (Å²) in [6, 6.07) is 8.89. The predicted octanol–water partition coefficient (Wildman–Crippen LogP) is 3.36. The van der Waals surface area contributed by atoms with Gasteiger partial charge in [-0.1, -0.05) is 23.7 Å². The Kier molecular flexibility index (Phi) is 6.13. The van der Waals surface area contributed by atoms with Crippen molar-refractivity contribution in [1.82, 2.24) is 0 Å². The van der Waals surface area contributed by atoms with Crippen molar-refractivity contribution in [2.45, 2.75) is 6.92 Å². The van der Waals surface area contributed by atoms with Gasteiger partial charge in [-0.3, -0.25) is 14.9 Å². The maximum absolute atomic E-state index is 12.1. The molecule has 0 spiro atoms. The zero-order valence-corrected chi connectivity index (χ0v) is 14.7. The lowest BCUT2D eigenvalue weighted by atomic mass is 10.1. The Morgan fingerprint density at radius 1 is 1.27 bits per heavy atom. The minimum absolute atomic E-state index is 0.213. The van der Waals surface area contributed by atoms with Gasteiger partial charge in [-0.05, 0) is 31.2 Å². The Hall–Kier alpha value is -3.13. The molecule has 0 bridgehead atoms. The van der Waals surface area contributed by atoms with Crippen LogP contribution in [0.2, 0.25) is 5.02 Å². The number of ether oxygens (including phenoxy) is 2. The number of esters is 1. The van der Waals surface area contributed by atoms with E-state index in [9.17, 15) is 19.7 Å². The highest BCUT2D eigenvalue weighted by molar-refractivity contribution is 6.32. The van der Waals surface area contributed by atoms with Gasteiger partial charge >= 0.3 is 5.97 Å². The van der Waals surface area contributed by atoms with Crippen LogP contribution in [0.15, 0.2) is 36.4 Å². The largest absolute Gasteiger partial charge is 0.495 e. The van der Waals surface area contributed by atoms with Crippen LogP contribution in [0.4, 0.5) is 11.4 Å². The number of halogens is 1. The standard InChI is InChI=1S/C17H15ClN2O6/c1-10-4-3-5-12(16(10)20(23)24)17(22)26-9-15(21)19-11-6-7-14(25-2)13(18)8-11/h3-8H,9H2,1-2H3,(H,19,21). The number of nitro benzene ring substituents is 1. The van der Waals surface area contributed by atoms with E-state index in [1.54, 1.807) is 12.1 Å². The summed E-state index contributed by atoms with van der Waals surface area (Å²) >= 11 is 5.96. The second-order valence-corrected chi connectivity index (χ2v) is 5.61. The van der Waals surface area contributed by atoms with Gasteiger partial charge in [0.2, 0.25) is 0 Å². The molecule has 0 saturated carbocycles. The van der Waals surface area contributed by atoms with Gasteiger partial charge in [-0.15, -0.1) is 0 Å². The third-order valence-corrected chi connectivity index (χ3v) is 3.71. The average Bonchev–Trinajstić information content (AvgIpc) is 2.59. The third kappa shape index (κ3) is 4.48. The monoisotopic (exact) mass is 378 g/mol. The summed E-state index contributed by atoms with van der Waals surface area (Å²) in [5.41, 5.74) is 0.148. The van der Waals surface area contributed by atoms with E-state index in [0.717, 1.165) is 0 Å². The van der Waals surface area contributed by atoms with Crippen molar-refractivity contribution >= 4 is 34.9 Å². The smallest absolute Gasteiger partial charge is 0.345 e. The molecule has 0 saturated heterocycles. The first-order valence-electron chi connectivity index (χ1n) is 7.38. The van der Waals surface area contributed by atoms with E-state index >= 15 is 0 Å². The summed E-state index contributed by atoms with van der Waals surface area (Å²) in [4.78, 5) is 34.4. The van der Waals surface area contributed by atoms with Crippen molar-refractivity contribution in [2.24, 2.45) is 0 Å². The summed E-state index contributed by atoms with van der Waals surface area (Å²) in [5, 5.41) is 13.9. The van der Waals surface area contributed by atoms with E-state index in [1.165, 1.54) is 38.3 Å². The van der Waals surface area contributed by atoms with Crippen molar-refractivity contribution in [1.29, 1.82) is 0 Å². The molecule has 0 aliphatic heterocycles. The van der Waals surface area contributed by atoms with Crippen LogP contribution < -0.4 is 10.1 Å². The Labute approximate surface area is 153 Å². The molecule has 2 aromatic rings. The van der Waals surface area contributed by atoms with E-state index < -0.39 is 23.4 Å². The predicted molar refractivity (Wildman–Crippen MR) is 94.7 cm³/mol. The van der Waals surface area contributed by atoms with Gasteiger partial charge < -0.3 is 14.8 Å². The Morgan fingerprint density at radius 2 is 2.00 bits per heavy atom. The van der Waals surface area contributed by atoms with Crippen LogP contribution in [0.1, 0.15) is 15.9 Å². The molecule has 1 amide bonds. The Balaban J connectivity index is 2.02. The lowest BCUT2D eigenvalue weighted by Gasteiger charge is -2.09. The molecule has 0 unspecified atom stereocenters. The van der Waals surface area contributed by atoms with E-state index in [-0.39, 0.29) is 11.3 Å². The first kappa shape index (κ1) is 19.2. The third-order valence-electron chi connectivity index (χ3n) is 3.41. The molecule has 0 radical (unpaired) electrons. The van der Waals surface area contributed by atoms with E-state index in [2.05, 4.69) is 5.32 Å². The van der Waals surface area contributed by atoms with Crippen LogP contribution in [-0.4, -0.2) is 30.5 Å². The number of nitrogens with zero attached hydrogens (tertiary/aromatic N) is 1. The number of carbonyl (C=O) groups is 2. The van der Waals surface area contributed by atoms with Gasteiger partial charge in [-0.2, -0.15) is 0 Å². The molecule has 0 atom stereocenters. The van der Waals surface area contributed by atoms with E-state index in [0.29, 0.717) is 22.0 Å². The molecule has 9 heteroatoms. The number of methoxy groups -OCH3 is 1. The fraction of sp³-hybridized carbons (Fsp3) is 0.176. The van der Waals surface area contributed by atoms with Gasteiger partial charge in [0.05, 0.1) is 17.1 Å². The lowest BCUT2D eigenvalue weighted by Crippen LogP contribution is -2.21. The zero-order chi connectivity index (χ0) is 19.3. The van der Waals surface area contributed by atoms with Crippen LogP contribution in [-0.2, 0) is 9.53 Å².